The van der Waals surface area contributed by atoms with E-state index in [0.29, 0.717) is 18.0 Å². The van der Waals surface area contributed by atoms with E-state index in [9.17, 15) is 8.78 Å². The predicted molar refractivity (Wildman–Crippen MR) is 59.3 cm³/mol. The molecule has 2 rings (SSSR count). The molecule has 0 spiro atoms. The lowest BCUT2D eigenvalue weighted by molar-refractivity contribution is 0.398. The van der Waals surface area contributed by atoms with E-state index in [1.54, 1.807) is 0 Å². The van der Waals surface area contributed by atoms with Crippen molar-refractivity contribution in [1.82, 2.24) is 10.6 Å². The Morgan fingerprint density at radius 3 is 2.81 bits per heavy atom. The maximum Gasteiger partial charge on any atom is 0.129 e. The second-order valence-electron chi connectivity index (χ2n) is 4.13. The van der Waals surface area contributed by atoms with Crippen LogP contribution in [0.25, 0.3) is 0 Å². The number of nitrogens with one attached hydrogen (secondary N) is 2. The van der Waals surface area contributed by atoms with Crippen molar-refractivity contribution in [1.29, 1.82) is 0 Å². The second kappa shape index (κ2) is 5.37. The monoisotopic (exact) mass is 226 g/mol. The summed E-state index contributed by atoms with van der Waals surface area (Å²) in [5.41, 5.74) is 0.591. The Kier molecular flexibility index (Phi) is 3.85. The molecule has 1 heterocycles. The minimum atomic E-state index is -0.515. The zero-order chi connectivity index (χ0) is 11.4. The van der Waals surface area contributed by atoms with Crippen LogP contribution < -0.4 is 10.6 Å². The maximum absolute atomic E-state index is 13.3. The average Bonchev–Trinajstić information content (AvgIpc) is 2.29. The SMILES string of the molecule is Fc1ccc(CCC2CNCCN2)c(F)c1. The highest BCUT2D eigenvalue weighted by Crippen LogP contribution is 2.12. The zero-order valence-corrected chi connectivity index (χ0v) is 9.10. The topological polar surface area (TPSA) is 24.1 Å². The third-order valence-corrected chi connectivity index (χ3v) is 2.90. The van der Waals surface area contributed by atoms with Gasteiger partial charge in [-0.05, 0) is 24.5 Å². The van der Waals surface area contributed by atoms with E-state index in [0.717, 1.165) is 32.1 Å². The molecule has 1 unspecified atom stereocenters. The number of rotatable bonds is 3. The quantitative estimate of drug-likeness (QED) is 0.815. The van der Waals surface area contributed by atoms with Crippen LogP contribution in [0.1, 0.15) is 12.0 Å². The van der Waals surface area contributed by atoms with Crippen molar-refractivity contribution in [2.75, 3.05) is 19.6 Å². The van der Waals surface area contributed by atoms with Crippen LogP contribution in [0.15, 0.2) is 18.2 Å². The molecule has 4 heteroatoms. The molecule has 1 aromatic carbocycles. The second-order valence-corrected chi connectivity index (χ2v) is 4.13. The molecule has 16 heavy (non-hydrogen) atoms. The number of halogens is 2. The van der Waals surface area contributed by atoms with Crippen LogP contribution in [-0.4, -0.2) is 25.7 Å². The Morgan fingerprint density at radius 2 is 2.12 bits per heavy atom. The minimum absolute atomic E-state index is 0.387. The van der Waals surface area contributed by atoms with Crippen molar-refractivity contribution in [3.8, 4) is 0 Å². The summed E-state index contributed by atoms with van der Waals surface area (Å²) in [5, 5.41) is 6.64. The van der Waals surface area contributed by atoms with Gasteiger partial charge in [0.25, 0.3) is 0 Å². The summed E-state index contributed by atoms with van der Waals surface area (Å²) < 4.78 is 26.0. The summed E-state index contributed by atoms with van der Waals surface area (Å²) in [6, 6.07) is 4.17. The molecule has 0 bridgehead atoms. The van der Waals surface area contributed by atoms with E-state index < -0.39 is 11.6 Å². The number of benzene rings is 1. The first-order valence-electron chi connectivity index (χ1n) is 5.64. The lowest BCUT2D eigenvalue weighted by atomic mass is 10.0. The van der Waals surface area contributed by atoms with Gasteiger partial charge in [-0.2, -0.15) is 0 Å². The Bertz CT molecular complexity index is 349. The van der Waals surface area contributed by atoms with Gasteiger partial charge in [0, 0.05) is 31.7 Å². The van der Waals surface area contributed by atoms with E-state index in [-0.39, 0.29) is 0 Å². The maximum atomic E-state index is 13.3. The van der Waals surface area contributed by atoms with E-state index in [1.165, 1.54) is 12.1 Å². The van der Waals surface area contributed by atoms with Crippen molar-refractivity contribution in [2.45, 2.75) is 18.9 Å². The highest BCUT2D eigenvalue weighted by atomic mass is 19.1. The van der Waals surface area contributed by atoms with Crippen LogP contribution in [-0.2, 0) is 6.42 Å². The van der Waals surface area contributed by atoms with Crippen molar-refractivity contribution >= 4 is 0 Å². The van der Waals surface area contributed by atoms with Gasteiger partial charge in [-0.25, -0.2) is 8.78 Å². The number of aryl methyl sites for hydroxylation is 1. The van der Waals surface area contributed by atoms with Gasteiger partial charge in [-0.3, -0.25) is 0 Å². The Labute approximate surface area is 94.0 Å². The van der Waals surface area contributed by atoms with Crippen LogP contribution in [0.5, 0.6) is 0 Å². The first kappa shape index (κ1) is 11.5. The van der Waals surface area contributed by atoms with E-state index in [1.807, 2.05) is 0 Å². The molecule has 88 valence electrons. The smallest absolute Gasteiger partial charge is 0.129 e. The average molecular weight is 226 g/mol. The number of hydrogen-bond donors (Lipinski definition) is 2. The molecule has 1 aliphatic heterocycles. The van der Waals surface area contributed by atoms with E-state index in [4.69, 9.17) is 0 Å². The molecular formula is C12H16F2N2. The minimum Gasteiger partial charge on any atom is -0.314 e. The summed E-state index contributed by atoms with van der Waals surface area (Å²) in [6.07, 6.45) is 1.51. The van der Waals surface area contributed by atoms with Gasteiger partial charge in [0.05, 0.1) is 0 Å². The van der Waals surface area contributed by atoms with Crippen LogP contribution in [0.3, 0.4) is 0 Å². The highest BCUT2D eigenvalue weighted by Gasteiger charge is 2.12. The molecule has 2 N–H and O–H groups in total. The Balaban J connectivity index is 1.88. The lowest BCUT2D eigenvalue weighted by Crippen LogP contribution is -2.48. The molecule has 0 amide bonds. The highest BCUT2D eigenvalue weighted by molar-refractivity contribution is 5.18. The first-order valence-corrected chi connectivity index (χ1v) is 5.64. The summed E-state index contributed by atoms with van der Waals surface area (Å²) >= 11 is 0. The fraction of sp³-hybridized carbons (Fsp3) is 0.500. The van der Waals surface area contributed by atoms with Crippen LogP contribution in [0.2, 0.25) is 0 Å². The molecule has 1 fully saturated rings. The largest absolute Gasteiger partial charge is 0.314 e. The molecule has 1 atom stereocenters. The molecule has 0 aliphatic carbocycles. The number of piperazine rings is 1. The predicted octanol–water partition coefficient (Wildman–Crippen LogP) is 1.46. The molecule has 2 nitrogen and oxygen atoms in total. The molecule has 1 aromatic rings. The van der Waals surface area contributed by atoms with Crippen LogP contribution in [0, 0.1) is 11.6 Å². The molecule has 0 aromatic heterocycles. The van der Waals surface area contributed by atoms with Crippen molar-refractivity contribution in [3.05, 3.63) is 35.4 Å². The van der Waals surface area contributed by atoms with Crippen molar-refractivity contribution in [3.63, 3.8) is 0 Å². The number of hydrogen-bond acceptors (Lipinski definition) is 2. The van der Waals surface area contributed by atoms with E-state index in [2.05, 4.69) is 10.6 Å². The molecule has 1 aliphatic rings. The van der Waals surface area contributed by atoms with Crippen molar-refractivity contribution < 1.29 is 8.78 Å². The summed E-state index contributed by atoms with van der Waals surface area (Å²) in [4.78, 5) is 0. The van der Waals surface area contributed by atoms with Gasteiger partial charge < -0.3 is 10.6 Å². The van der Waals surface area contributed by atoms with Crippen molar-refractivity contribution in [2.24, 2.45) is 0 Å². The molecule has 0 radical (unpaired) electrons. The molecule has 1 saturated heterocycles. The third-order valence-electron chi connectivity index (χ3n) is 2.90. The fourth-order valence-corrected chi connectivity index (χ4v) is 1.97. The fourth-order valence-electron chi connectivity index (χ4n) is 1.97. The lowest BCUT2D eigenvalue weighted by Gasteiger charge is -2.24. The van der Waals surface area contributed by atoms with Gasteiger partial charge in [0.15, 0.2) is 0 Å². The Morgan fingerprint density at radius 1 is 1.25 bits per heavy atom. The van der Waals surface area contributed by atoms with Gasteiger partial charge in [0.2, 0.25) is 0 Å². The zero-order valence-electron chi connectivity index (χ0n) is 9.10. The van der Waals surface area contributed by atoms with E-state index >= 15 is 0 Å². The van der Waals surface area contributed by atoms with Crippen LogP contribution >= 0.6 is 0 Å². The molecule has 0 saturated carbocycles. The Hall–Kier alpha value is -1.00. The van der Waals surface area contributed by atoms with Gasteiger partial charge in [-0.15, -0.1) is 0 Å². The van der Waals surface area contributed by atoms with Crippen LogP contribution in [0.4, 0.5) is 8.78 Å². The normalized spacial score (nSPS) is 21.0. The van der Waals surface area contributed by atoms with Gasteiger partial charge in [-0.1, -0.05) is 6.07 Å². The van der Waals surface area contributed by atoms with Gasteiger partial charge in [0.1, 0.15) is 11.6 Å². The standard InChI is InChI=1S/C12H16F2N2/c13-10-3-1-9(12(14)7-10)2-4-11-8-15-5-6-16-11/h1,3,7,11,15-16H,2,4-6,8H2. The first-order chi connectivity index (χ1) is 7.75. The third kappa shape index (κ3) is 3.00. The summed E-state index contributed by atoms with van der Waals surface area (Å²) in [5.74, 6) is -0.956. The summed E-state index contributed by atoms with van der Waals surface area (Å²) in [6.45, 7) is 2.86. The summed E-state index contributed by atoms with van der Waals surface area (Å²) in [7, 11) is 0. The molecular weight excluding hydrogens is 210 g/mol. The van der Waals surface area contributed by atoms with Gasteiger partial charge >= 0.3 is 0 Å².